The van der Waals surface area contributed by atoms with Crippen LogP contribution in [0.25, 0.3) is 22.5 Å². The number of aromatic nitrogens is 2. The van der Waals surface area contributed by atoms with Gasteiger partial charge in [-0.1, -0.05) is 0 Å². The van der Waals surface area contributed by atoms with Gasteiger partial charge in [-0.25, -0.2) is 0 Å². The first kappa shape index (κ1) is 14.7. The van der Waals surface area contributed by atoms with Crippen molar-refractivity contribution in [2.24, 2.45) is 0 Å². The second kappa shape index (κ2) is 6.24. The number of methoxy groups -OCH3 is 2. The highest BCUT2D eigenvalue weighted by molar-refractivity contribution is 5.78. The van der Waals surface area contributed by atoms with E-state index in [1.165, 1.54) is 0 Å². The van der Waals surface area contributed by atoms with Crippen molar-refractivity contribution >= 4 is 0 Å². The predicted octanol–water partition coefficient (Wildman–Crippen LogP) is 3.63. The summed E-state index contributed by atoms with van der Waals surface area (Å²) in [7, 11) is 3.24. The Balaban J connectivity index is 2.03. The molecule has 0 bridgehead atoms. The summed E-state index contributed by atoms with van der Waals surface area (Å²) in [6, 6.07) is 17.2. The summed E-state index contributed by atoms with van der Waals surface area (Å²) in [5, 5.41) is 16.8. The minimum atomic E-state index is 0.514. The van der Waals surface area contributed by atoms with Gasteiger partial charge in [-0.05, 0) is 48.5 Å². The summed E-state index contributed by atoms with van der Waals surface area (Å²) in [5.74, 6) is 1.53. The van der Waals surface area contributed by atoms with Crippen molar-refractivity contribution in [3.63, 3.8) is 0 Å². The molecule has 0 aliphatic rings. The maximum absolute atomic E-state index is 9.55. The van der Waals surface area contributed by atoms with Crippen LogP contribution in [0.15, 0.2) is 48.5 Å². The van der Waals surface area contributed by atoms with Crippen molar-refractivity contribution in [2.45, 2.75) is 0 Å². The lowest BCUT2D eigenvalue weighted by Crippen LogP contribution is -1.86. The molecule has 0 aliphatic carbocycles. The summed E-state index contributed by atoms with van der Waals surface area (Å²) in [6.07, 6.45) is 0. The van der Waals surface area contributed by atoms with Crippen LogP contribution in [0, 0.1) is 11.3 Å². The Morgan fingerprint density at radius 1 is 0.870 bits per heavy atom. The van der Waals surface area contributed by atoms with Crippen LogP contribution in [0.3, 0.4) is 0 Å². The molecule has 0 spiro atoms. The molecular weight excluding hydrogens is 290 g/mol. The van der Waals surface area contributed by atoms with Gasteiger partial charge in [0.25, 0.3) is 0 Å². The number of nitrogens with one attached hydrogen (secondary N) is 1. The standard InChI is InChI=1S/C18H15N3O2/c1-22-14-7-3-12(4-8-14)17-16(11-19)18(21-20-17)13-5-9-15(23-2)10-6-13/h3-10H,1-2H3,(H,20,21). The fraction of sp³-hybridized carbons (Fsp3) is 0.111. The SMILES string of the molecule is COc1ccc(-c2n[nH]c(-c3ccc(OC)cc3)c2C#N)cc1. The largest absolute Gasteiger partial charge is 0.497 e. The van der Waals surface area contributed by atoms with E-state index < -0.39 is 0 Å². The second-order valence-electron chi connectivity index (χ2n) is 4.89. The van der Waals surface area contributed by atoms with E-state index in [4.69, 9.17) is 9.47 Å². The summed E-state index contributed by atoms with van der Waals surface area (Å²) in [5.41, 5.74) is 3.58. The van der Waals surface area contributed by atoms with Crippen LogP contribution in [0.2, 0.25) is 0 Å². The van der Waals surface area contributed by atoms with Crippen LogP contribution in [0.5, 0.6) is 11.5 Å². The van der Waals surface area contributed by atoms with E-state index in [0.717, 1.165) is 22.6 Å². The molecular formula is C18H15N3O2. The number of hydrogen-bond donors (Lipinski definition) is 1. The first-order valence-electron chi connectivity index (χ1n) is 7.04. The molecule has 5 heteroatoms. The molecule has 5 nitrogen and oxygen atoms in total. The number of aromatic amines is 1. The molecule has 0 aliphatic heterocycles. The van der Waals surface area contributed by atoms with E-state index >= 15 is 0 Å². The Morgan fingerprint density at radius 2 is 1.39 bits per heavy atom. The smallest absolute Gasteiger partial charge is 0.118 e. The van der Waals surface area contributed by atoms with Gasteiger partial charge in [-0.3, -0.25) is 5.10 Å². The summed E-state index contributed by atoms with van der Waals surface area (Å²) >= 11 is 0. The summed E-state index contributed by atoms with van der Waals surface area (Å²) in [6.45, 7) is 0. The fourth-order valence-corrected chi connectivity index (χ4v) is 2.38. The van der Waals surface area contributed by atoms with Crippen molar-refractivity contribution in [2.75, 3.05) is 14.2 Å². The molecule has 1 aromatic heterocycles. The van der Waals surface area contributed by atoms with Gasteiger partial charge in [0.15, 0.2) is 0 Å². The predicted molar refractivity (Wildman–Crippen MR) is 87.3 cm³/mol. The van der Waals surface area contributed by atoms with E-state index in [1.807, 2.05) is 48.5 Å². The van der Waals surface area contributed by atoms with Gasteiger partial charge in [0.05, 0.1) is 19.9 Å². The lowest BCUT2D eigenvalue weighted by molar-refractivity contribution is 0.415. The zero-order valence-corrected chi connectivity index (χ0v) is 12.8. The van der Waals surface area contributed by atoms with E-state index in [2.05, 4.69) is 16.3 Å². The molecule has 0 saturated carbocycles. The third-order valence-electron chi connectivity index (χ3n) is 3.62. The quantitative estimate of drug-likeness (QED) is 0.799. The molecule has 114 valence electrons. The Morgan fingerprint density at radius 3 is 1.87 bits per heavy atom. The number of ether oxygens (including phenoxy) is 2. The van der Waals surface area contributed by atoms with Crippen molar-refractivity contribution in [1.29, 1.82) is 5.26 Å². The average molecular weight is 305 g/mol. The molecule has 0 saturated heterocycles. The van der Waals surface area contributed by atoms with Gasteiger partial charge in [-0.2, -0.15) is 10.4 Å². The number of hydrogen-bond acceptors (Lipinski definition) is 4. The van der Waals surface area contributed by atoms with Crippen LogP contribution < -0.4 is 9.47 Å². The van der Waals surface area contributed by atoms with Gasteiger partial charge in [0, 0.05) is 11.1 Å². The molecule has 2 aromatic carbocycles. The zero-order chi connectivity index (χ0) is 16.2. The zero-order valence-electron chi connectivity index (χ0n) is 12.8. The number of benzene rings is 2. The molecule has 3 aromatic rings. The molecule has 3 rings (SSSR count). The highest BCUT2D eigenvalue weighted by Crippen LogP contribution is 2.31. The number of nitriles is 1. The molecule has 0 unspecified atom stereocenters. The third kappa shape index (κ3) is 2.74. The lowest BCUT2D eigenvalue weighted by atomic mass is 10.0. The number of nitrogens with zero attached hydrogens (tertiary/aromatic N) is 2. The molecule has 0 amide bonds. The summed E-state index contributed by atoms with van der Waals surface area (Å²) in [4.78, 5) is 0. The third-order valence-corrected chi connectivity index (χ3v) is 3.62. The van der Waals surface area contributed by atoms with Gasteiger partial charge in [0.1, 0.15) is 28.8 Å². The van der Waals surface area contributed by atoms with Crippen LogP contribution >= 0.6 is 0 Å². The first-order valence-corrected chi connectivity index (χ1v) is 7.04. The number of H-pyrrole nitrogens is 1. The van der Waals surface area contributed by atoms with E-state index in [0.29, 0.717) is 17.0 Å². The minimum Gasteiger partial charge on any atom is -0.497 e. The van der Waals surface area contributed by atoms with E-state index in [9.17, 15) is 5.26 Å². The van der Waals surface area contributed by atoms with Gasteiger partial charge < -0.3 is 9.47 Å². The first-order chi connectivity index (χ1) is 11.3. The van der Waals surface area contributed by atoms with Gasteiger partial charge in [-0.15, -0.1) is 0 Å². The van der Waals surface area contributed by atoms with Crippen molar-refractivity contribution in [1.82, 2.24) is 10.2 Å². The second-order valence-corrected chi connectivity index (χ2v) is 4.89. The molecule has 0 fully saturated rings. The molecule has 23 heavy (non-hydrogen) atoms. The van der Waals surface area contributed by atoms with Crippen LogP contribution in [-0.4, -0.2) is 24.4 Å². The van der Waals surface area contributed by atoms with Crippen molar-refractivity contribution in [3.8, 4) is 40.1 Å². The molecule has 1 heterocycles. The molecule has 0 radical (unpaired) electrons. The van der Waals surface area contributed by atoms with Gasteiger partial charge >= 0.3 is 0 Å². The van der Waals surface area contributed by atoms with Crippen LogP contribution in [-0.2, 0) is 0 Å². The Kier molecular flexibility index (Phi) is 3.98. The van der Waals surface area contributed by atoms with Crippen molar-refractivity contribution in [3.05, 3.63) is 54.1 Å². The van der Waals surface area contributed by atoms with E-state index in [1.54, 1.807) is 14.2 Å². The van der Waals surface area contributed by atoms with Gasteiger partial charge in [0.2, 0.25) is 0 Å². The van der Waals surface area contributed by atoms with E-state index in [-0.39, 0.29) is 0 Å². The number of rotatable bonds is 4. The Labute approximate surface area is 134 Å². The molecule has 1 N–H and O–H groups in total. The summed E-state index contributed by atoms with van der Waals surface area (Å²) < 4.78 is 10.3. The van der Waals surface area contributed by atoms with Crippen LogP contribution in [0.1, 0.15) is 5.56 Å². The normalized spacial score (nSPS) is 10.1. The lowest BCUT2D eigenvalue weighted by Gasteiger charge is -2.03. The maximum Gasteiger partial charge on any atom is 0.118 e. The monoisotopic (exact) mass is 305 g/mol. The Bertz CT molecular complexity index is 778. The highest BCUT2D eigenvalue weighted by Gasteiger charge is 2.16. The Hall–Kier alpha value is -3.26. The minimum absolute atomic E-state index is 0.514. The maximum atomic E-state index is 9.55. The van der Waals surface area contributed by atoms with Crippen molar-refractivity contribution < 1.29 is 9.47 Å². The topological polar surface area (TPSA) is 70.9 Å². The molecule has 0 atom stereocenters. The average Bonchev–Trinajstić information content (AvgIpc) is 3.05. The fourth-order valence-electron chi connectivity index (χ4n) is 2.38. The van der Waals surface area contributed by atoms with Crippen LogP contribution in [0.4, 0.5) is 0 Å². The highest BCUT2D eigenvalue weighted by atomic mass is 16.5.